The van der Waals surface area contributed by atoms with E-state index in [1.54, 1.807) is 0 Å². The van der Waals surface area contributed by atoms with Crippen LogP contribution in [-0.4, -0.2) is 77.0 Å². The van der Waals surface area contributed by atoms with Crippen molar-refractivity contribution in [2.75, 3.05) is 49.5 Å². The lowest BCUT2D eigenvalue weighted by atomic mass is 9.97. The molecule has 7 heteroatoms. The van der Waals surface area contributed by atoms with Gasteiger partial charge in [-0.15, -0.1) is 0 Å². The number of piperidine rings is 2. The van der Waals surface area contributed by atoms with E-state index in [4.69, 9.17) is 4.98 Å². The number of aromatic nitrogens is 2. The van der Waals surface area contributed by atoms with Crippen molar-refractivity contribution in [3.8, 4) is 0 Å². The van der Waals surface area contributed by atoms with Gasteiger partial charge >= 0.3 is 0 Å². The van der Waals surface area contributed by atoms with Crippen LogP contribution in [0.3, 0.4) is 0 Å². The van der Waals surface area contributed by atoms with Crippen molar-refractivity contribution in [2.45, 2.75) is 77.3 Å². The third-order valence-corrected chi connectivity index (χ3v) is 7.14. The average molecular weight is 429 g/mol. The highest BCUT2D eigenvalue weighted by atomic mass is 16.2. The zero-order valence-corrected chi connectivity index (χ0v) is 19.4. The van der Waals surface area contributed by atoms with Crippen LogP contribution in [0.5, 0.6) is 0 Å². The lowest BCUT2D eigenvalue weighted by Crippen LogP contribution is -2.52. The van der Waals surface area contributed by atoms with Gasteiger partial charge in [0.05, 0.1) is 0 Å². The second-order valence-corrected chi connectivity index (χ2v) is 9.83. The van der Waals surface area contributed by atoms with Gasteiger partial charge in [-0.2, -0.15) is 4.98 Å². The third kappa shape index (κ3) is 5.88. The molecule has 7 nitrogen and oxygen atoms in total. The SMILES string of the molecule is CC(C)C(=O)N1CCC(N2CCCC(Nc3nccc(N4CCCCCC4)n3)C2)CC1. The number of rotatable bonds is 5. The monoisotopic (exact) mass is 428 g/mol. The molecule has 0 aliphatic carbocycles. The van der Waals surface area contributed by atoms with Crippen molar-refractivity contribution in [1.29, 1.82) is 0 Å². The van der Waals surface area contributed by atoms with Crippen LogP contribution in [0.25, 0.3) is 0 Å². The minimum atomic E-state index is 0.102. The number of amides is 1. The van der Waals surface area contributed by atoms with Crippen LogP contribution < -0.4 is 10.2 Å². The predicted octanol–water partition coefficient (Wildman–Crippen LogP) is 3.38. The Balaban J connectivity index is 1.30. The number of anilines is 2. The van der Waals surface area contributed by atoms with Crippen LogP contribution in [0, 0.1) is 5.92 Å². The molecule has 172 valence electrons. The standard InChI is InChI=1S/C24H40N6O/c1-19(2)23(31)29-16-10-21(11-17-29)30-15-7-8-20(18-30)26-24-25-12-9-22(27-24)28-13-5-3-4-6-14-28/h9,12,19-21H,3-8,10-11,13-18H2,1-2H3,(H,25,26,27). The molecule has 4 rings (SSSR count). The maximum Gasteiger partial charge on any atom is 0.225 e. The van der Waals surface area contributed by atoms with Gasteiger partial charge in [0.1, 0.15) is 5.82 Å². The Bertz CT molecular complexity index is 710. The summed E-state index contributed by atoms with van der Waals surface area (Å²) in [6, 6.07) is 3.03. The summed E-state index contributed by atoms with van der Waals surface area (Å²) in [5, 5.41) is 3.63. The quantitative estimate of drug-likeness (QED) is 0.776. The van der Waals surface area contributed by atoms with Gasteiger partial charge in [-0.1, -0.05) is 26.7 Å². The maximum absolute atomic E-state index is 12.3. The van der Waals surface area contributed by atoms with E-state index in [0.717, 1.165) is 63.9 Å². The number of nitrogens with zero attached hydrogens (tertiary/aromatic N) is 5. The lowest BCUT2D eigenvalue weighted by molar-refractivity contribution is -0.136. The first kappa shape index (κ1) is 22.3. The molecule has 3 aliphatic rings. The number of hydrogen-bond donors (Lipinski definition) is 1. The molecule has 1 unspecified atom stereocenters. The summed E-state index contributed by atoms with van der Waals surface area (Å²) in [6.07, 6.45) is 11.6. The molecule has 1 amide bonds. The van der Waals surface area contributed by atoms with E-state index < -0.39 is 0 Å². The molecule has 3 aliphatic heterocycles. The first-order valence-corrected chi connectivity index (χ1v) is 12.5. The highest BCUT2D eigenvalue weighted by Crippen LogP contribution is 2.24. The number of carbonyl (C=O) groups is 1. The second-order valence-electron chi connectivity index (χ2n) is 9.83. The second kappa shape index (κ2) is 10.6. The Morgan fingerprint density at radius 1 is 1.00 bits per heavy atom. The molecule has 0 bridgehead atoms. The molecular weight excluding hydrogens is 388 g/mol. The van der Waals surface area contributed by atoms with Crippen LogP contribution in [0.15, 0.2) is 12.3 Å². The Labute approximate surface area is 187 Å². The van der Waals surface area contributed by atoms with E-state index in [0.29, 0.717) is 18.0 Å². The zero-order valence-electron chi connectivity index (χ0n) is 19.4. The summed E-state index contributed by atoms with van der Waals surface area (Å²) >= 11 is 0. The van der Waals surface area contributed by atoms with Crippen LogP contribution in [0.2, 0.25) is 0 Å². The summed E-state index contributed by atoms with van der Waals surface area (Å²) in [4.78, 5) is 28.8. The molecule has 0 spiro atoms. The highest BCUT2D eigenvalue weighted by Gasteiger charge is 2.31. The van der Waals surface area contributed by atoms with E-state index >= 15 is 0 Å². The molecule has 1 aromatic heterocycles. The minimum absolute atomic E-state index is 0.102. The van der Waals surface area contributed by atoms with Crippen LogP contribution >= 0.6 is 0 Å². The van der Waals surface area contributed by atoms with Crippen molar-refractivity contribution in [1.82, 2.24) is 19.8 Å². The maximum atomic E-state index is 12.3. The minimum Gasteiger partial charge on any atom is -0.356 e. The first-order valence-electron chi connectivity index (χ1n) is 12.5. The normalized spacial score (nSPS) is 24.3. The number of likely N-dealkylation sites (tertiary alicyclic amines) is 2. The van der Waals surface area contributed by atoms with Gasteiger partial charge in [0, 0.05) is 56.9 Å². The van der Waals surface area contributed by atoms with E-state index in [1.807, 2.05) is 20.0 Å². The van der Waals surface area contributed by atoms with E-state index in [9.17, 15) is 4.79 Å². The van der Waals surface area contributed by atoms with Crippen molar-refractivity contribution < 1.29 is 4.79 Å². The topological polar surface area (TPSA) is 64.6 Å². The Morgan fingerprint density at radius 2 is 1.74 bits per heavy atom. The van der Waals surface area contributed by atoms with Crippen molar-refractivity contribution in [2.24, 2.45) is 5.92 Å². The summed E-state index contributed by atoms with van der Waals surface area (Å²) in [7, 11) is 0. The smallest absolute Gasteiger partial charge is 0.225 e. The fourth-order valence-electron chi connectivity index (χ4n) is 5.35. The lowest BCUT2D eigenvalue weighted by Gasteiger charge is -2.42. The van der Waals surface area contributed by atoms with Gasteiger partial charge in [-0.3, -0.25) is 9.69 Å². The van der Waals surface area contributed by atoms with Gasteiger partial charge in [-0.05, 0) is 51.1 Å². The summed E-state index contributed by atoms with van der Waals surface area (Å²) < 4.78 is 0. The molecule has 31 heavy (non-hydrogen) atoms. The molecule has 0 saturated carbocycles. The number of hydrogen-bond acceptors (Lipinski definition) is 6. The Morgan fingerprint density at radius 3 is 2.45 bits per heavy atom. The van der Waals surface area contributed by atoms with E-state index in [2.05, 4.69) is 31.1 Å². The summed E-state index contributed by atoms with van der Waals surface area (Å²) in [5.74, 6) is 2.24. The fraction of sp³-hybridized carbons (Fsp3) is 0.792. The highest BCUT2D eigenvalue weighted by molar-refractivity contribution is 5.78. The molecule has 1 atom stereocenters. The van der Waals surface area contributed by atoms with Gasteiger partial charge in [0.2, 0.25) is 11.9 Å². The molecule has 4 heterocycles. The Kier molecular flexibility index (Phi) is 7.64. The number of nitrogens with one attached hydrogen (secondary N) is 1. The van der Waals surface area contributed by atoms with Gasteiger partial charge in [-0.25, -0.2) is 4.98 Å². The zero-order chi connectivity index (χ0) is 21.6. The number of carbonyl (C=O) groups excluding carboxylic acids is 1. The molecule has 0 radical (unpaired) electrons. The van der Waals surface area contributed by atoms with Crippen molar-refractivity contribution >= 4 is 17.7 Å². The van der Waals surface area contributed by atoms with E-state index in [-0.39, 0.29) is 5.92 Å². The van der Waals surface area contributed by atoms with Gasteiger partial charge < -0.3 is 15.1 Å². The molecular formula is C24H40N6O. The molecule has 3 fully saturated rings. The predicted molar refractivity (Wildman–Crippen MR) is 125 cm³/mol. The summed E-state index contributed by atoms with van der Waals surface area (Å²) in [5.41, 5.74) is 0. The average Bonchev–Trinajstić information content (AvgIpc) is 3.09. The van der Waals surface area contributed by atoms with Gasteiger partial charge in [0.25, 0.3) is 0 Å². The third-order valence-electron chi connectivity index (χ3n) is 7.14. The van der Waals surface area contributed by atoms with Crippen molar-refractivity contribution in [3.63, 3.8) is 0 Å². The summed E-state index contributed by atoms with van der Waals surface area (Å²) in [6.45, 7) is 10.2. The van der Waals surface area contributed by atoms with Crippen molar-refractivity contribution in [3.05, 3.63) is 12.3 Å². The van der Waals surface area contributed by atoms with Crippen LogP contribution in [0.1, 0.15) is 65.2 Å². The first-order chi connectivity index (χ1) is 15.1. The molecule has 1 N–H and O–H groups in total. The fourth-order valence-corrected chi connectivity index (χ4v) is 5.35. The van der Waals surface area contributed by atoms with Crippen LogP contribution in [-0.2, 0) is 4.79 Å². The Hall–Kier alpha value is -1.89. The molecule has 3 saturated heterocycles. The molecule has 0 aromatic carbocycles. The van der Waals surface area contributed by atoms with Gasteiger partial charge in [0.15, 0.2) is 0 Å². The largest absolute Gasteiger partial charge is 0.356 e. The molecule has 1 aromatic rings. The van der Waals surface area contributed by atoms with E-state index in [1.165, 1.54) is 38.5 Å². The van der Waals surface area contributed by atoms with Crippen LogP contribution in [0.4, 0.5) is 11.8 Å².